The third-order valence-electron chi connectivity index (χ3n) is 13.6. The highest BCUT2D eigenvalue weighted by atomic mass is 35.5. The van der Waals surface area contributed by atoms with Crippen LogP contribution in [0.2, 0.25) is 30.7 Å². The van der Waals surface area contributed by atoms with Crippen LogP contribution in [0.25, 0.3) is 16.6 Å². The van der Waals surface area contributed by atoms with Crippen molar-refractivity contribution in [1.29, 1.82) is 0 Å². The number of rotatable bonds is 17. The number of sulfonamides is 1. The Morgan fingerprint density at radius 2 is 1.77 bits per heavy atom. The summed E-state index contributed by atoms with van der Waals surface area (Å²) in [6, 6.07) is 21.9. The maximum Gasteiger partial charge on any atom is 0.293 e. The SMILES string of the molecule is CC1(C)CC(c2ccc(Cl)cc2)=C(CN2CCN(c3ccc(C(=O)NS(=O)(=O)c4ccc(NC[C@H]5COCCO5)c([N+](=O)[O-])c4)c(N4CCCOc5nc6c(ccn6COCC[Si](C)(C)C)cc54)c3)CC2)CO1. The minimum absolute atomic E-state index is 0.0802. The lowest BCUT2D eigenvalue weighted by Crippen LogP contribution is -2.47. The summed E-state index contributed by atoms with van der Waals surface area (Å²) in [6.07, 6.45) is 2.96. The van der Waals surface area contributed by atoms with Gasteiger partial charge in [-0.1, -0.05) is 43.4 Å². The van der Waals surface area contributed by atoms with Gasteiger partial charge in [-0.3, -0.25) is 19.8 Å². The number of fused-ring (bicyclic) bond motifs is 2. The molecule has 1 atom stereocenters. The van der Waals surface area contributed by atoms with Gasteiger partial charge < -0.3 is 43.4 Å². The molecule has 390 valence electrons. The van der Waals surface area contributed by atoms with E-state index < -0.39 is 39.5 Å². The molecule has 21 heteroatoms. The Hall–Kier alpha value is -5.58. The highest BCUT2D eigenvalue weighted by molar-refractivity contribution is 7.90. The molecule has 0 spiro atoms. The molecule has 6 heterocycles. The van der Waals surface area contributed by atoms with Gasteiger partial charge in [-0.15, -0.1) is 0 Å². The van der Waals surface area contributed by atoms with Crippen molar-refractivity contribution in [3.63, 3.8) is 0 Å². The maximum absolute atomic E-state index is 14.6. The number of carbonyl (C=O) groups excluding carboxylic acids is 1. The zero-order chi connectivity index (χ0) is 51.5. The van der Waals surface area contributed by atoms with Crippen LogP contribution < -0.4 is 24.6 Å². The van der Waals surface area contributed by atoms with Crippen molar-refractivity contribution in [2.45, 2.75) is 75.7 Å². The van der Waals surface area contributed by atoms with Crippen LogP contribution in [-0.4, -0.2) is 139 Å². The van der Waals surface area contributed by atoms with Crippen molar-refractivity contribution in [1.82, 2.24) is 19.2 Å². The first-order valence-electron chi connectivity index (χ1n) is 24.9. The highest BCUT2D eigenvalue weighted by Crippen LogP contribution is 2.41. The number of nitrogens with one attached hydrogen (secondary N) is 2. The van der Waals surface area contributed by atoms with Gasteiger partial charge in [0.05, 0.1) is 65.8 Å². The number of benzene rings is 3. The summed E-state index contributed by atoms with van der Waals surface area (Å²) in [5, 5.41) is 16.8. The number of nitro benzene ring substituents is 1. The average molecular weight is 1060 g/mol. The van der Waals surface area contributed by atoms with E-state index in [1.165, 1.54) is 23.3 Å². The minimum atomic E-state index is -4.63. The Labute approximate surface area is 432 Å². The summed E-state index contributed by atoms with van der Waals surface area (Å²) < 4.78 is 62.2. The van der Waals surface area contributed by atoms with Crippen LogP contribution in [0.1, 0.15) is 42.6 Å². The number of hydrogen-bond donors (Lipinski definition) is 2. The average Bonchev–Trinajstić information content (AvgIpc) is 3.63. The van der Waals surface area contributed by atoms with Gasteiger partial charge in [-0.25, -0.2) is 13.1 Å². The van der Waals surface area contributed by atoms with E-state index in [2.05, 4.69) is 65.5 Å². The molecule has 2 N–H and O–H groups in total. The number of anilines is 4. The van der Waals surface area contributed by atoms with Gasteiger partial charge in [-0.05, 0) is 97.6 Å². The second-order valence-corrected chi connectivity index (χ2v) is 28.6. The zero-order valence-corrected chi connectivity index (χ0v) is 44.7. The fourth-order valence-electron chi connectivity index (χ4n) is 9.52. The van der Waals surface area contributed by atoms with Crippen molar-refractivity contribution in [2.75, 3.05) is 101 Å². The molecular formula is C52H65ClN8O10SSi. The van der Waals surface area contributed by atoms with Crippen molar-refractivity contribution < 1.29 is 41.8 Å². The molecule has 2 saturated heterocycles. The molecule has 4 aliphatic heterocycles. The van der Waals surface area contributed by atoms with E-state index in [0.29, 0.717) is 100 Å². The molecule has 0 radical (unpaired) electrons. The zero-order valence-electron chi connectivity index (χ0n) is 42.2. The minimum Gasteiger partial charge on any atom is -0.476 e. The second-order valence-electron chi connectivity index (χ2n) is 20.8. The number of amides is 1. The fourth-order valence-corrected chi connectivity index (χ4v) is 11.4. The molecule has 4 aliphatic rings. The Morgan fingerprint density at radius 3 is 2.51 bits per heavy atom. The number of piperazine rings is 1. The summed E-state index contributed by atoms with van der Waals surface area (Å²) in [5.41, 5.74) is 5.72. The summed E-state index contributed by atoms with van der Waals surface area (Å²) in [4.78, 5) is 37.4. The van der Waals surface area contributed by atoms with Crippen LogP contribution in [0.5, 0.6) is 5.88 Å². The highest BCUT2D eigenvalue weighted by Gasteiger charge is 2.33. The predicted octanol–water partition coefficient (Wildman–Crippen LogP) is 8.55. The number of ether oxygens (including phenoxy) is 5. The quantitative estimate of drug-likeness (QED) is 0.0389. The summed E-state index contributed by atoms with van der Waals surface area (Å²) in [7, 11) is -5.92. The number of nitro groups is 1. The predicted molar refractivity (Wildman–Crippen MR) is 286 cm³/mol. The van der Waals surface area contributed by atoms with Gasteiger partial charge in [0.1, 0.15) is 23.8 Å². The van der Waals surface area contributed by atoms with E-state index in [4.69, 9.17) is 40.3 Å². The molecule has 0 saturated carbocycles. The third kappa shape index (κ3) is 12.7. The molecular weight excluding hydrogens is 992 g/mol. The van der Waals surface area contributed by atoms with Gasteiger partial charge in [0.15, 0.2) is 0 Å². The lowest BCUT2D eigenvalue weighted by molar-refractivity contribution is -0.384. The van der Waals surface area contributed by atoms with Gasteiger partial charge >= 0.3 is 0 Å². The second kappa shape index (κ2) is 22.1. The number of carbonyl (C=O) groups is 1. The maximum atomic E-state index is 14.6. The Morgan fingerprint density at radius 1 is 0.973 bits per heavy atom. The van der Waals surface area contributed by atoms with Crippen LogP contribution in [0, 0.1) is 10.1 Å². The van der Waals surface area contributed by atoms with Gasteiger partial charge in [0, 0.05) is 95.3 Å². The standard InChI is InChI=1S/C52H65ClN8O10SSi/c1-52(2)30-44(36-7-9-39(53)10-8-36)38(33-71-52)32-57-18-20-58(21-19-57)40-11-13-43(50(62)56-72(65,66)42-12-14-45(47(29-42)61(63)64)54-31-41-34-67-23-24-69-41)46(28-40)60-16-6-22-70-51-48(60)27-37-15-17-59(49(37)55-51)35-68-25-26-73(3,4)5/h7-15,17,27-29,41,54H,6,16,18-26,30-35H2,1-5H3,(H,56,62)/t41-/m0/s1. The monoisotopic (exact) mass is 1060 g/mol. The summed E-state index contributed by atoms with van der Waals surface area (Å²) in [5.74, 6) is -0.535. The van der Waals surface area contributed by atoms with E-state index in [1.54, 1.807) is 6.07 Å². The van der Waals surface area contributed by atoms with Crippen molar-refractivity contribution in [3.8, 4) is 5.88 Å². The molecule has 2 fully saturated rings. The molecule has 9 rings (SSSR count). The first-order valence-corrected chi connectivity index (χ1v) is 30.5. The molecule has 0 bridgehead atoms. The first-order chi connectivity index (χ1) is 34.9. The van der Waals surface area contributed by atoms with E-state index in [0.717, 1.165) is 54.8 Å². The van der Waals surface area contributed by atoms with Crippen LogP contribution in [0.3, 0.4) is 0 Å². The van der Waals surface area contributed by atoms with Crippen LogP contribution in [0.4, 0.5) is 28.4 Å². The van der Waals surface area contributed by atoms with Crippen molar-refractivity contribution >= 4 is 80.6 Å². The number of halogens is 1. The Balaban J connectivity index is 1.00. The van der Waals surface area contributed by atoms with Crippen LogP contribution in [-0.2, 0) is 35.7 Å². The van der Waals surface area contributed by atoms with E-state index in [1.807, 2.05) is 52.1 Å². The third-order valence-corrected chi connectivity index (χ3v) is 16.9. The number of pyridine rings is 1. The number of nitrogens with zero attached hydrogens (tertiary/aromatic N) is 6. The number of aromatic nitrogens is 2. The van der Waals surface area contributed by atoms with Gasteiger partial charge in [0.2, 0.25) is 5.88 Å². The van der Waals surface area contributed by atoms with Crippen LogP contribution in [0.15, 0.2) is 89.5 Å². The molecule has 73 heavy (non-hydrogen) atoms. The molecule has 0 aliphatic carbocycles. The largest absolute Gasteiger partial charge is 0.476 e. The number of hydrogen-bond acceptors (Lipinski definition) is 15. The topological polar surface area (TPSA) is 192 Å². The summed E-state index contributed by atoms with van der Waals surface area (Å²) in [6.45, 7) is 18.5. The molecule has 18 nitrogen and oxygen atoms in total. The Kier molecular flexibility index (Phi) is 15.8. The summed E-state index contributed by atoms with van der Waals surface area (Å²) >= 11 is 6.27. The molecule has 1 amide bonds. The van der Waals surface area contributed by atoms with Crippen molar-refractivity contribution in [2.24, 2.45) is 0 Å². The molecule has 3 aromatic carbocycles. The normalized spacial score (nSPS) is 18.8. The van der Waals surface area contributed by atoms with Crippen molar-refractivity contribution in [3.05, 3.63) is 111 Å². The fraction of sp³-hybridized carbons (Fsp3) is 0.462. The van der Waals surface area contributed by atoms with E-state index in [9.17, 15) is 23.3 Å². The smallest absolute Gasteiger partial charge is 0.293 e. The Bertz CT molecular complexity index is 2970. The lowest BCUT2D eigenvalue weighted by Gasteiger charge is -2.39. The molecule has 5 aromatic rings. The van der Waals surface area contributed by atoms with Gasteiger partial charge in [0.25, 0.3) is 21.6 Å². The van der Waals surface area contributed by atoms with Crippen LogP contribution >= 0.6 is 11.6 Å². The van der Waals surface area contributed by atoms with E-state index >= 15 is 0 Å². The van der Waals surface area contributed by atoms with E-state index in [-0.39, 0.29) is 29.5 Å². The molecule has 0 unspecified atom stereocenters. The lowest BCUT2D eigenvalue weighted by atomic mass is 9.87. The molecule has 2 aromatic heterocycles. The first kappa shape index (κ1) is 52.3. The van der Waals surface area contributed by atoms with Gasteiger partial charge in [-0.2, -0.15) is 4.98 Å².